The number of alkyl halides is 3. The normalized spacial score (nSPS) is 15.4. The van der Waals surface area contributed by atoms with Gasteiger partial charge in [0.05, 0.1) is 10.5 Å². The van der Waals surface area contributed by atoms with Gasteiger partial charge in [-0.3, -0.25) is 0 Å². The van der Waals surface area contributed by atoms with Crippen LogP contribution in [0.25, 0.3) is 0 Å². The maximum atomic E-state index is 12.2. The van der Waals surface area contributed by atoms with Crippen molar-refractivity contribution < 1.29 is 31.2 Å². The zero-order chi connectivity index (χ0) is 19.4. The molecule has 3 rings (SSSR count). The molecule has 1 N–H and O–H groups in total. The number of phenols is 1. The first kappa shape index (κ1) is 20.6. The maximum Gasteiger partial charge on any atom is 0.417 e. The summed E-state index contributed by atoms with van der Waals surface area (Å²) in [6.07, 6.45) is -2.08. The van der Waals surface area contributed by atoms with E-state index in [0.717, 1.165) is 12.1 Å². The SMILES string of the molecule is O=S(=O)([O-])c1ccccc1C(F)(F)F.Oc1ccc([S+]2CCCC2)cc1. The number of benzene rings is 2. The summed E-state index contributed by atoms with van der Waals surface area (Å²) in [6.45, 7) is 0. The lowest BCUT2D eigenvalue weighted by Gasteiger charge is -2.14. The fraction of sp³-hybridized carbons (Fsp3) is 0.294. The van der Waals surface area contributed by atoms with Crippen molar-refractivity contribution in [2.45, 2.75) is 28.8 Å². The fourth-order valence-corrected chi connectivity index (χ4v) is 5.45. The van der Waals surface area contributed by atoms with Crippen LogP contribution in [0.15, 0.2) is 58.3 Å². The minimum absolute atomic E-state index is 0.376. The first-order valence-corrected chi connectivity index (χ1v) is 10.6. The predicted molar refractivity (Wildman–Crippen MR) is 92.1 cm³/mol. The van der Waals surface area contributed by atoms with Crippen molar-refractivity contribution in [1.29, 1.82) is 0 Å². The van der Waals surface area contributed by atoms with Crippen molar-refractivity contribution in [2.75, 3.05) is 11.5 Å². The van der Waals surface area contributed by atoms with Gasteiger partial charge < -0.3 is 9.66 Å². The number of rotatable bonds is 2. The molecule has 0 aliphatic carbocycles. The summed E-state index contributed by atoms with van der Waals surface area (Å²) in [4.78, 5) is 0.179. The highest BCUT2D eigenvalue weighted by molar-refractivity contribution is 7.97. The molecule has 2 aromatic carbocycles. The molecule has 0 atom stereocenters. The summed E-state index contributed by atoms with van der Waals surface area (Å²) in [5.74, 6) is 3.08. The lowest BCUT2D eigenvalue weighted by molar-refractivity contribution is -0.140. The van der Waals surface area contributed by atoms with Gasteiger partial charge >= 0.3 is 6.18 Å². The van der Waals surface area contributed by atoms with Crippen LogP contribution >= 0.6 is 0 Å². The third-order valence-electron chi connectivity index (χ3n) is 3.66. The van der Waals surface area contributed by atoms with Gasteiger partial charge in [-0.25, -0.2) is 8.42 Å². The van der Waals surface area contributed by atoms with E-state index in [1.54, 1.807) is 12.1 Å². The number of hydrogen-bond acceptors (Lipinski definition) is 4. The molecule has 0 aromatic heterocycles. The van der Waals surface area contributed by atoms with Crippen LogP contribution in [0.3, 0.4) is 0 Å². The topological polar surface area (TPSA) is 77.4 Å². The van der Waals surface area contributed by atoms with E-state index in [1.807, 2.05) is 0 Å². The van der Waals surface area contributed by atoms with Crippen molar-refractivity contribution >= 4 is 21.0 Å². The highest BCUT2D eigenvalue weighted by atomic mass is 32.2. The largest absolute Gasteiger partial charge is 0.744 e. The van der Waals surface area contributed by atoms with E-state index in [9.17, 15) is 26.1 Å². The van der Waals surface area contributed by atoms with E-state index >= 15 is 0 Å². The van der Waals surface area contributed by atoms with Crippen LogP contribution in [0, 0.1) is 0 Å². The van der Waals surface area contributed by atoms with E-state index < -0.39 is 26.8 Å². The Balaban J connectivity index is 0.000000189. The Morgan fingerprint density at radius 2 is 1.50 bits per heavy atom. The first-order valence-electron chi connectivity index (χ1n) is 7.67. The molecule has 1 heterocycles. The van der Waals surface area contributed by atoms with Gasteiger partial charge in [0.25, 0.3) is 0 Å². The molecule has 0 spiro atoms. The second-order valence-electron chi connectivity index (χ2n) is 5.55. The van der Waals surface area contributed by atoms with Crippen LogP contribution in [0.5, 0.6) is 5.75 Å². The minimum atomic E-state index is -5.09. The molecule has 0 amide bonds. The summed E-state index contributed by atoms with van der Waals surface area (Å²) < 4.78 is 67.9. The van der Waals surface area contributed by atoms with Crippen molar-refractivity contribution in [3.05, 3.63) is 54.1 Å². The summed E-state index contributed by atoms with van der Waals surface area (Å²) in [5.41, 5.74) is -1.44. The maximum absolute atomic E-state index is 12.2. The van der Waals surface area contributed by atoms with Crippen molar-refractivity contribution in [3.63, 3.8) is 0 Å². The standard InChI is InChI=1S/C10H12OS.C7H5F3O3S/c11-9-3-5-10(6-4-9)12-7-1-2-8-12;8-7(9,10)5-3-1-2-4-6(5)14(11,12)13/h3-6H,1-2,7-8H2;1-4H,(H,11,12,13). The van der Waals surface area contributed by atoms with Gasteiger partial charge in [-0.1, -0.05) is 12.1 Å². The zero-order valence-corrected chi connectivity index (χ0v) is 15.2. The molecular formula is C17H17F3O4S2. The molecular weight excluding hydrogens is 389 g/mol. The van der Waals surface area contributed by atoms with Gasteiger partial charge in [0, 0.05) is 10.9 Å². The van der Waals surface area contributed by atoms with E-state index in [0.29, 0.717) is 28.8 Å². The number of hydrogen-bond donors (Lipinski definition) is 1. The number of aromatic hydroxyl groups is 1. The van der Waals surface area contributed by atoms with Gasteiger partial charge in [0.1, 0.15) is 27.4 Å². The second-order valence-corrected chi connectivity index (χ2v) is 9.17. The Labute approximate surface area is 152 Å². The highest BCUT2D eigenvalue weighted by Crippen LogP contribution is 2.33. The molecule has 1 saturated heterocycles. The van der Waals surface area contributed by atoms with Gasteiger partial charge in [-0.15, -0.1) is 0 Å². The van der Waals surface area contributed by atoms with Crippen LogP contribution in [-0.2, 0) is 27.2 Å². The van der Waals surface area contributed by atoms with Crippen LogP contribution < -0.4 is 0 Å². The molecule has 4 nitrogen and oxygen atoms in total. The van der Waals surface area contributed by atoms with Crippen LogP contribution in [-0.4, -0.2) is 29.6 Å². The van der Waals surface area contributed by atoms with Crippen molar-refractivity contribution in [2.24, 2.45) is 0 Å². The van der Waals surface area contributed by atoms with Gasteiger partial charge in [-0.2, -0.15) is 13.2 Å². The Morgan fingerprint density at radius 3 is 1.96 bits per heavy atom. The third-order valence-corrected chi connectivity index (χ3v) is 7.06. The third kappa shape index (κ3) is 5.65. The average molecular weight is 406 g/mol. The summed E-state index contributed by atoms with van der Waals surface area (Å²) in [5, 5.41) is 9.10. The lowest BCUT2D eigenvalue weighted by Crippen LogP contribution is -2.12. The molecule has 142 valence electrons. The molecule has 1 fully saturated rings. The predicted octanol–water partition coefficient (Wildman–Crippen LogP) is 3.77. The monoisotopic (exact) mass is 406 g/mol. The first-order chi connectivity index (χ1) is 12.1. The molecule has 0 radical (unpaired) electrons. The molecule has 0 saturated carbocycles. The molecule has 9 heteroatoms. The smallest absolute Gasteiger partial charge is 0.417 e. The Morgan fingerprint density at radius 1 is 0.962 bits per heavy atom. The Kier molecular flexibility index (Phi) is 6.59. The van der Waals surface area contributed by atoms with E-state index in [2.05, 4.69) is 12.1 Å². The van der Waals surface area contributed by atoms with E-state index in [1.165, 1.54) is 29.2 Å². The molecule has 0 unspecified atom stereocenters. The molecule has 2 aromatic rings. The Hall–Kier alpha value is -1.71. The Bertz CT molecular complexity index is 828. The van der Waals surface area contributed by atoms with Gasteiger partial charge in [0.15, 0.2) is 4.90 Å². The number of phenolic OH excluding ortho intramolecular Hbond substituents is 1. The lowest BCUT2D eigenvalue weighted by atomic mass is 10.2. The van der Waals surface area contributed by atoms with Gasteiger partial charge in [-0.05, 0) is 49.2 Å². The summed E-state index contributed by atoms with van der Waals surface area (Å²) >= 11 is 0. The highest BCUT2D eigenvalue weighted by Gasteiger charge is 2.34. The number of halogens is 3. The molecule has 26 heavy (non-hydrogen) atoms. The molecule has 1 aliphatic heterocycles. The van der Waals surface area contributed by atoms with Crippen LogP contribution in [0.2, 0.25) is 0 Å². The quantitative estimate of drug-likeness (QED) is 0.608. The fourth-order valence-electron chi connectivity index (χ4n) is 2.45. The van der Waals surface area contributed by atoms with Crippen LogP contribution in [0.4, 0.5) is 13.2 Å². The molecule has 0 bridgehead atoms. The molecule has 1 aliphatic rings. The van der Waals surface area contributed by atoms with Crippen molar-refractivity contribution in [1.82, 2.24) is 0 Å². The average Bonchev–Trinajstić information content (AvgIpc) is 3.09. The van der Waals surface area contributed by atoms with E-state index in [4.69, 9.17) is 5.11 Å². The van der Waals surface area contributed by atoms with E-state index in [-0.39, 0.29) is 0 Å². The zero-order valence-electron chi connectivity index (χ0n) is 13.6. The van der Waals surface area contributed by atoms with Crippen LogP contribution in [0.1, 0.15) is 18.4 Å². The minimum Gasteiger partial charge on any atom is -0.744 e. The second kappa shape index (κ2) is 8.32. The summed E-state index contributed by atoms with van der Waals surface area (Å²) in [7, 11) is -4.60. The summed E-state index contributed by atoms with van der Waals surface area (Å²) in [6, 6.07) is 10.9. The van der Waals surface area contributed by atoms with Gasteiger partial charge in [0.2, 0.25) is 0 Å². The van der Waals surface area contributed by atoms with Crippen molar-refractivity contribution in [3.8, 4) is 5.75 Å².